The third kappa shape index (κ3) is 2.70. The second-order valence-electron chi connectivity index (χ2n) is 4.90. The summed E-state index contributed by atoms with van der Waals surface area (Å²) < 4.78 is 1.88. The van der Waals surface area contributed by atoms with Crippen LogP contribution in [0.3, 0.4) is 0 Å². The van der Waals surface area contributed by atoms with Gasteiger partial charge in [0.15, 0.2) is 5.82 Å². The monoisotopic (exact) mass is 264 g/mol. The predicted octanol–water partition coefficient (Wildman–Crippen LogP) is 3.70. The van der Waals surface area contributed by atoms with Crippen molar-refractivity contribution in [1.29, 1.82) is 0 Å². The minimum atomic E-state index is 0.322. The van der Waals surface area contributed by atoms with E-state index in [9.17, 15) is 0 Å². The van der Waals surface area contributed by atoms with Gasteiger partial charge in [0.2, 0.25) is 0 Å². The molecule has 0 aliphatic carbocycles. The fourth-order valence-corrected chi connectivity index (χ4v) is 1.79. The molecule has 5 heteroatoms. The van der Waals surface area contributed by atoms with Crippen molar-refractivity contribution in [2.75, 3.05) is 0 Å². The van der Waals surface area contributed by atoms with E-state index < -0.39 is 0 Å². The molecule has 2 aromatic heterocycles. The summed E-state index contributed by atoms with van der Waals surface area (Å²) in [5.41, 5.74) is 1.84. The SMILES string of the molecule is CC(C)c1cc(Cl)nc(-c2cnn(C(C)C)c2)n1. The van der Waals surface area contributed by atoms with Crippen molar-refractivity contribution in [3.8, 4) is 11.4 Å². The molecule has 0 radical (unpaired) electrons. The van der Waals surface area contributed by atoms with Crippen LogP contribution < -0.4 is 0 Å². The van der Waals surface area contributed by atoms with E-state index in [1.165, 1.54) is 0 Å². The van der Waals surface area contributed by atoms with Gasteiger partial charge < -0.3 is 0 Å². The van der Waals surface area contributed by atoms with Gasteiger partial charge in [-0.1, -0.05) is 25.4 Å². The maximum atomic E-state index is 6.03. The van der Waals surface area contributed by atoms with Crippen molar-refractivity contribution in [3.63, 3.8) is 0 Å². The molecular weight excluding hydrogens is 248 g/mol. The molecule has 0 saturated heterocycles. The van der Waals surface area contributed by atoms with Crippen molar-refractivity contribution in [1.82, 2.24) is 19.7 Å². The summed E-state index contributed by atoms with van der Waals surface area (Å²) in [4.78, 5) is 8.79. The molecule has 18 heavy (non-hydrogen) atoms. The highest BCUT2D eigenvalue weighted by Gasteiger charge is 2.11. The number of aromatic nitrogens is 4. The first-order valence-corrected chi connectivity index (χ1v) is 6.44. The molecule has 2 aromatic rings. The highest BCUT2D eigenvalue weighted by atomic mass is 35.5. The van der Waals surface area contributed by atoms with E-state index in [1.54, 1.807) is 6.20 Å². The number of rotatable bonds is 3. The third-order valence-electron chi connectivity index (χ3n) is 2.70. The molecule has 0 aromatic carbocycles. The van der Waals surface area contributed by atoms with Gasteiger partial charge in [0.1, 0.15) is 5.15 Å². The summed E-state index contributed by atoms with van der Waals surface area (Å²) in [6.45, 7) is 8.32. The fraction of sp³-hybridized carbons (Fsp3) is 0.462. The largest absolute Gasteiger partial charge is 0.270 e. The van der Waals surface area contributed by atoms with Crippen molar-refractivity contribution >= 4 is 11.6 Å². The predicted molar refractivity (Wildman–Crippen MR) is 72.7 cm³/mol. The molecule has 2 rings (SSSR count). The van der Waals surface area contributed by atoms with Gasteiger partial charge in [-0.2, -0.15) is 5.10 Å². The minimum absolute atomic E-state index is 0.322. The topological polar surface area (TPSA) is 43.6 Å². The average molecular weight is 265 g/mol. The van der Waals surface area contributed by atoms with Gasteiger partial charge in [0.25, 0.3) is 0 Å². The lowest BCUT2D eigenvalue weighted by Crippen LogP contribution is -2.00. The van der Waals surface area contributed by atoms with Crippen LogP contribution in [-0.2, 0) is 0 Å². The van der Waals surface area contributed by atoms with Crippen molar-refractivity contribution in [2.45, 2.75) is 39.7 Å². The Morgan fingerprint density at radius 3 is 2.44 bits per heavy atom. The maximum absolute atomic E-state index is 6.03. The average Bonchev–Trinajstić information content (AvgIpc) is 2.77. The zero-order chi connectivity index (χ0) is 13.3. The Balaban J connectivity index is 2.43. The van der Waals surface area contributed by atoms with Crippen LogP contribution in [0.5, 0.6) is 0 Å². The molecule has 0 spiro atoms. The van der Waals surface area contributed by atoms with E-state index in [1.807, 2.05) is 16.9 Å². The summed E-state index contributed by atoms with van der Waals surface area (Å²) in [5, 5.41) is 4.76. The molecule has 2 heterocycles. The number of hydrogen-bond donors (Lipinski definition) is 0. The van der Waals surface area contributed by atoms with Crippen LogP contribution >= 0.6 is 11.6 Å². The maximum Gasteiger partial charge on any atom is 0.164 e. The van der Waals surface area contributed by atoms with Gasteiger partial charge >= 0.3 is 0 Å². The molecule has 0 atom stereocenters. The van der Waals surface area contributed by atoms with E-state index in [0.29, 0.717) is 22.9 Å². The first kappa shape index (κ1) is 13.0. The molecule has 96 valence electrons. The fourth-order valence-electron chi connectivity index (χ4n) is 1.60. The second-order valence-corrected chi connectivity index (χ2v) is 5.28. The molecule has 0 amide bonds. The smallest absolute Gasteiger partial charge is 0.164 e. The lowest BCUT2D eigenvalue weighted by Gasteiger charge is -2.06. The van der Waals surface area contributed by atoms with Gasteiger partial charge in [-0.3, -0.25) is 4.68 Å². The van der Waals surface area contributed by atoms with Crippen molar-refractivity contribution in [3.05, 3.63) is 29.3 Å². The molecule has 0 aliphatic rings. The molecule has 4 nitrogen and oxygen atoms in total. The Bertz CT molecular complexity index is 546. The molecule has 0 aliphatic heterocycles. The van der Waals surface area contributed by atoms with Gasteiger partial charge in [-0.15, -0.1) is 0 Å². The molecular formula is C13H17ClN4. The molecule has 0 N–H and O–H groups in total. The zero-order valence-electron chi connectivity index (χ0n) is 11.1. The number of hydrogen-bond acceptors (Lipinski definition) is 3. The van der Waals surface area contributed by atoms with Crippen LogP contribution in [0, 0.1) is 0 Å². The van der Waals surface area contributed by atoms with Crippen LogP contribution in [0.15, 0.2) is 18.5 Å². The number of halogens is 1. The minimum Gasteiger partial charge on any atom is -0.270 e. The van der Waals surface area contributed by atoms with Gasteiger partial charge in [0.05, 0.1) is 11.8 Å². The second kappa shape index (κ2) is 5.06. The molecule has 0 bridgehead atoms. The van der Waals surface area contributed by atoms with E-state index in [-0.39, 0.29) is 0 Å². The molecule has 0 fully saturated rings. The molecule has 0 saturated carbocycles. The molecule has 0 unspecified atom stereocenters. The Kier molecular flexibility index (Phi) is 3.66. The summed E-state index contributed by atoms with van der Waals surface area (Å²) in [7, 11) is 0. The summed E-state index contributed by atoms with van der Waals surface area (Å²) >= 11 is 6.03. The van der Waals surface area contributed by atoms with E-state index >= 15 is 0 Å². The number of nitrogens with zero attached hydrogens (tertiary/aromatic N) is 4. The van der Waals surface area contributed by atoms with Crippen LogP contribution in [0.2, 0.25) is 5.15 Å². The summed E-state index contributed by atoms with van der Waals surface area (Å²) in [5.74, 6) is 0.961. The standard InChI is InChI=1S/C13H17ClN4/c1-8(2)11-5-12(14)17-13(16-11)10-6-15-18(7-10)9(3)4/h5-9H,1-4H3. The Hall–Kier alpha value is -1.42. The first-order chi connectivity index (χ1) is 8.47. The third-order valence-corrected chi connectivity index (χ3v) is 2.89. The Morgan fingerprint density at radius 1 is 1.17 bits per heavy atom. The lowest BCUT2D eigenvalue weighted by molar-refractivity contribution is 0.532. The Labute approximate surface area is 112 Å². The van der Waals surface area contributed by atoms with Crippen molar-refractivity contribution in [2.24, 2.45) is 0 Å². The summed E-state index contributed by atoms with van der Waals surface area (Å²) in [6.07, 6.45) is 3.72. The highest BCUT2D eigenvalue weighted by molar-refractivity contribution is 6.29. The lowest BCUT2D eigenvalue weighted by atomic mass is 10.1. The van der Waals surface area contributed by atoms with Crippen LogP contribution in [-0.4, -0.2) is 19.7 Å². The van der Waals surface area contributed by atoms with Crippen LogP contribution in [0.25, 0.3) is 11.4 Å². The van der Waals surface area contributed by atoms with Gasteiger partial charge in [-0.05, 0) is 25.8 Å². The van der Waals surface area contributed by atoms with Crippen molar-refractivity contribution < 1.29 is 0 Å². The zero-order valence-corrected chi connectivity index (χ0v) is 11.8. The van der Waals surface area contributed by atoms with Gasteiger partial charge in [0, 0.05) is 17.9 Å². The summed E-state index contributed by atoms with van der Waals surface area (Å²) in [6, 6.07) is 2.13. The van der Waals surface area contributed by atoms with Crippen LogP contribution in [0.4, 0.5) is 0 Å². The highest BCUT2D eigenvalue weighted by Crippen LogP contribution is 2.22. The Morgan fingerprint density at radius 2 is 1.89 bits per heavy atom. The normalized spacial score (nSPS) is 11.5. The van der Waals surface area contributed by atoms with E-state index in [0.717, 1.165) is 11.3 Å². The van der Waals surface area contributed by atoms with E-state index in [4.69, 9.17) is 11.6 Å². The van der Waals surface area contributed by atoms with E-state index in [2.05, 4.69) is 42.8 Å². The van der Waals surface area contributed by atoms with Crippen LogP contribution in [0.1, 0.15) is 45.3 Å². The van der Waals surface area contributed by atoms with Gasteiger partial charge in [-0.25, -0.2) is 9.97 Å². The first-order valence-electron chi connectivity index (χ1n) is 6.06. The quantitative estimate of drug-likeness (QED) is 0.794.